The van der Waals surface area contributed by atoms with Gasteiger partial charge in [-0.25, -0.2) is 0 Å². The molecule has 0 unspecified atom stereocenters. The van der Waals surface area contributed by atoms with Gasteiger partial charge in [0.15, 0.2) is 0 Å². The summed E-state index contributed by atoms with van der Waals surface area (Å²) in [6.07, 6.45) is 2.31. The standard InChI is InChI=1S/C15H23NO2/c1-12-4-3-5-14(15(12)17)11-16(2)10-13-6-8-18-9-7-13/h3-5,13,17H,6-11H2,1-2H3. The number of benzene rings is 1. The van der Waals surface area contributed by atoms with Crippen molar-refractivity contribution in [1.82, 2.24) is 4.90 Å². The predicted octanol–water partition coefficient (Wildman–Crippen LogP) is 2.56. The highest BCUT2D eigenvalue weighted by Gasteiger charge is 2.16. The highest BCUT2D eigenvalue weighted by Crippen LogP contribution is 2.23. The molecule has 1 N–H and O–H groups in total. The van der Waals surface area contributed by atoms with Crippen LogP contribution in [0.2, 0.25) is 0 Å². The Morgan fingerprint density at radius 3 is 2.78 bits per heavy atom. The molecule has 0 saturated carbocycles. The molecule has 1 fully saturated rings. The average Bonchev–Trinajstić information content (AvgIpc) is 2.36. The molecular formula is C15H23NO2. The van der Waals surface area contributed by atoms with E-state index in [4.69, 9.17) is 4.74 Å². The second-order valence-corrected chi connectivity index (χ2v) is 5.34. The number of nitrogens with zero attached hydrogens (tertiary/aromatic N) is 1. The van der Waals surface area contributed by atoms with Crippen molar-refractivity contribution in [2.75, 3.05) is 26.8 Å². The van der Waals surface area contributed by atoms with Gasteiger partial charge in [-0.1, -0.05) is 18.2 Å². The Balaban J connectivity index is 1.90. The Bertz CT molecular complexity index is 386. The quantitative estimate of drug-likeness (QED) is 0.890. The molecule has 18 heavy (non-hydrogen) atoms. The van der Waals surface area contributed by atoms with Gasteiger partial charge in [0.1, 0.15) is 5.75 Å². The minimum Gasteiger partial charge on any atom is -0.507 e. The van der Waals surface area contributed by atoms with Crippen molar-refractivity contribution in [3.63, 3.8) is 0 Å². The van der Waals surface area contributed by atoms with E-state index in [2.05, 4.69) is 11.9 Å². The van der Waals surface area contributed by atoms with Crippen molar-refractivity contribution < 1.29 is 9.84 Å². The van der Waals surface area contributed by atoms with E-state index >= 15 is 0 Å². The Hall–Kier alpha value is -1.06. The van der Waals surface area contributed by atoms with Crippen molar-refractivity contribution >= 4 is 0 Å². The lowest BCUT2D eigenvalue weighted by atomic mass is 9.99. The summed E-state index contributed by atoms with van der Waals surface area (Å²) in [6, 6.07) is 5.95. The number of phenolic OH excluding ortho intramolecular Hbond substituents is 1. The highest BCUT2D eigenvalue weighted by molar-refractivity contribution is 5.39. The van der Waals surface area contributed by atoms with Crippen LogP contribution in [0.15, 0.2) is 18.2 Å². The lowest BCUT2D eigenvalue weighted by Gasteiger charge is -2.27. The van der Waals surface area contributed by atoms with Crippen LogP contribution in [0.4, 0.5) is 0 Å². The average molecular weight is 249 g/mol. The molecule has 0 amide bonds. The third-order valence-electron chi connectivity index (χ3n) is 3.67. The fourth-order valence-corrected chi connectivity index (χ4v) is 2.57. The van der Waals surface area contributed by atoms with E-state index in [9.17, 15) is 5.11 Å². The number of hydrogen-bond acceptors (Lipinski definition) is 3. The van der Waals surface area contributed by atoms with Crippen molar-refractivity contribution in [3.8, 4) is 5.75 Å². The zero-order chi connectivity index (χ0) is 13.0. The second-order valence-electron chi connectivity index (χ2n) is 5.34. The van der Waals surface area contributed by atoms with Crippen molar-refractivity contribution in [1.29, 1.82) is 0 Å². The first-order chi connectivity index (χ1) is 8.66. The molecule has 0 atom stereocenters. The largest absolute Gasteiger partial charge is 0.507 e. The Morgan fingerprint density at radius 1 is 1.33 bits per heavy atom. The van der Waals surface area contributed by atoms with Gasteiger partial charge in [0.25, 0.3) is 0 Å². The van der Waals surface area contributed by atoms with Crippen LogP contribution in [0.1, 0.15) is 24.0 Å². The summed E-state index contributed by atoms with van der Waals surface area (Å²) >= 11 is 0. The monoisotopic (exact) mass is 249 g/mol. The number of ether oxygens (including phenoxy) is 1. The summed E-state index contributed by atoms with van der Waals surface area (Å²) in [4.78, 5) is 2.30. The summed E-state index contributed by atoms with van der Waals surface area (Å²) in [5, 5.41) is 10.0. The van der Waals surface area contributed by atoms with Crippen LogP contribution < -0.4 is 0 Å². The molecule has 3 nitrogen and oxygen atoms in total. The predicted molar refractivity (Wildman–Crippen MR) is 72.7 cm³/mol. The maximum Gasteiger partial charge on any atom is 0.122 e. The van der Waals surface area contributed by atoms with Crippen LogP contribution >= 0.6 is 0 Å². The zero-order valence-corrected chi connectivity index (χ0v) is 11.4. The first kappa shape index (κ1) is 13.4. The van der Waals surface area contributed by atoms with Gasteiger partial charge >= 0.3 is 0 Å². The molecule has 0 aliphatic carbocycles. The molecule has 0 bridgehead atoms. The first-order valence-electron chi connectivity index (χ1n) is 6.70. The SMILES string of the molecule is Cc1cccc(CN(C)CC2CCOCC2)c1O. The summed E-state index contributed by atoms with van der Waals surface area (Å²) in [6.45, 7) is 5.63. The molecule has 1 aliphatic heterocycles. The zero-order valence-electron chi connectivity index (χ0n) is 11.4. The number of aryl methyl sites for hydroxylation is 1. The van der Waals surface area contributed by atoms with Crippen molar-refractivity contribution in [2.45, 2.75) is 26.3 Å². The van der Waals surface area contributed by atoms with Gasteiger partial charge in [0.2, 0.25) is 0 Å². The van der Waals surface area contributed by atoms with Crippen LogP contribution in [-0.4, -0.2) is 36.8 Å². The highest BCUT2D eigenvalue weighted by atomic mass is 16.5. The molecule has 1 saturated heterocycles. The molecule has 1 aromatic carbocycles. The molecular weight excluding hydrogens is 226 g/mol. The summed E-state index contributed by atoms with van der Waals surface area (Å²) < 4.78 is 5.38. The topological polar surface area (TPSA) is 32.7 Å². The van der Waals surface area contributed by atoms with Crippen LogP contribution in [0.5, 0.6) is 5.75 Å². The molecule has 2 rings (SSSR count). The van der Waals surface area contributed by atoms with E-state index in [1.807, 2.05) is 25.1 Å². The van der Waals surface area contributed by atoms with E-state index in [1.54, 1.807) is 0 Å². The molecule has 1 aromatic rings. The van der Waals surface area contributed by atoms with Crippen LogP contribution in [0.3, 0.4) is 0 Å². The number of hydrogen-bond donors (Lipinski definition) is 1. The Kier molecular flexibility index (Phi) is 4.61. The fourth-order valence-electron chi connectivity index (χ4n) is 2.57. The first-order valence-corrected chi connectivity index (χ1v) is 6.70. The normalized spacial score (nSPS) is 17.3. The fraction of sp³-hybridized carbons (Fsp3) is 0.600. The number of para-hydroxylation sites is 1. The lowest BCUT2D eigenvalue weighted by Crippen LogP contribution is -2.29. The van der Waals surface area contributed by atoms with E-state index in [0.717, 1.165) is 56.2 Å². The molecule has 100 valence electrons. The van der Waals surface area contributed by atoms with Crippen LogP contribution in [0, 0.1) is 12.8 Å². The minimum absolute atomic E-state index is 0.441. The number of aromatic hydroxyl groups is 1. The van der Waals surface area contributed by atoms with Gasteiger partial charge in [-0.05, 0) is 38.3 Å². The Morgan fingerprint density at radius 2 is 2.06 bits per heavy atom. The van der Waals surface area contributed by atoms with Gasteiger partial charge < -0.3 is 14.7 Å². The van der Waals surface area contributed by atoms with Gasteiger partial charge in [0.05, 0.1) is 0 Å². The van der Waals surface area contributed by atoms with Gasteiger partial charge in [-0.15, -0.1) is 0 Å². The summed E-state index contributed by atoms with van der Waals surface area (Å²) in [7, 11) is 2.12. The number of phenols is 1. The van der Waals surface area contributed by atoms with Gasteiger partial charge in [0, 0.05) is 31.9 Å². The minimum atomic E-state index is 0.441. The summed E-state index contributed by atoms with van der Waals surface area (Å²) in [5.74, 6) is 1.17. The van der Waals surface area contributed by atoms with Crippen LogP contribution in [0.25, 0.3) is 0 Å². The molecule has 1 aliphatic rings. The molecule has 0 radical (unpaired) electrons. The second kappa shape index (κ2) is 6.21. The molecule has 3 heteroatoms. The van der Waals surface area contributed by atoms with E-state index in [0.29, 0.717) is 5.75 Å². The Labute approximate surface area is 109 Å². The summed E-state index contributed by atoms with van der Waals surface area (Å²) in [5.41, 5.74) is 1.97. The third-order valence-corrected chi connectivity index (χ3v) is 3.67. The van der Waals surface area contributed by atoms with E-state index in [1.165, 1.54) is 0 Å². The molecule has 1 heterocycles. The van der Waals surface area contributed by atoms with Crippen molar-refractivity contribution in [2.24, 2.45) is 5.92 Å². The number of rotatable bonds is 4. The van der Waals surface area contributed by atoms with Crippen molar-refractivity contribution in [3.05, 3.63) is 29.3 Å². The van der Waals surface area contributed by atoms with Gasteiger partial charge in [-0.2, -0.15) is 0 Å². The molecule has 0 spiro atoms. The maximum atomic E-state index is 10.0. The lowest BCUT2D eigenvalue weighted by molar-refractivity contribution is 0.0549. The van der Waals surface area contributed by atoms with E-state index < -0.39 is 0 Å². The van der Waals surface area contributed by atoms with E-state index in [-0.39, 0.29) is 0 Å². The maximum absolute atomic E-state index is 10.0. The van der Waals surface area contributed by atoms with Crippen LogP contribution in [-0.2, 0) is 11.3 Å². The molecule has 0 aromatic heterocycles. The third kappa shape index (κ3) is 3.47. The smallest absolute Gasteiger partial charge is 0.122 e. The van der Waals surface area contributed by atoms with Gasteiger partial charge in [-0.3, -0.25) is 0 Å².